The summed E-state index contributed by atoms with van der Waals surface area (Å²) in [6.07, 6.45) is -2.07. The molecule has 1 rings (SSSR count). The van der Waals surface area contributed by atoms with Crippen LogP contribution in [-0.4, -0.2) is 76.2 Å². The summed E-state index contributed by atoms with van der Waals surface area (Å²) in [5, 5.41) is 0. The highest BCUT2D eigenvalue weighted by Crippen LogP contribution is 2.29. The third-order valence-corrected chi connectivity index (χ3v) is 3.15. The maximum atomic E-state index is 5.64. The Labute approximate surface area is 139 Å². The van der Waals surface area contributed by atoms with E-state index < -0.39 is 18.6 Å². The number of nitrogens with two attached hydrogens (primary N) is 2. The maximum absolute atomic E-state index is 5.64. The topological polar surface area (TPSA) is 149 Å². The zero-order valence-corrected chi connectivity index (χ0v) is 14.5. The molecule has 0 aliphatic rings. The van der Waals surface area contributed by atoms with Crippen LogP contribution in [0.1, 0.15) is 0 Å². The van der Waals surface area contributed by atoms with Gasteiger partial charge in [-0.2, -0.15) is 15.0 Å². The number of methoxy groups -OCH3 is 6. The van der Waals surface area contributed by atoms with Crippen LogP contribution in [0.4, 0.5) is 17.8 Å². The molecule has 0 bridgehead atoms. The average molecular weight is 348 g/mol. The van der Waals surface area contributed by atoms with Crippen molar-refractivity contribution < 1.29 is 28.4 Å². The van der Waals surface area contributed by atoms with Crippen LogP contribution in [0.5, 0.6) is 0 Å². The number of ether oxygens (including phenoxy) is 6. The highest BCUT2D eigenvalue weighted by atomic mass is 16.9. The van der Waals surface area contributed by atoms with E-state index in [0.29, 0.717) is 0 Å². The molecule has 0 aliphatic heterocycles. The van der Waals surface area contributed by atoms with E-state index in [1.807, 2.05) is 0 Å². The predicted octanol–water partition coefficient (Wildman–Crippen LogP) is -1.02. The fraction of sp³-hybridized carbons (Fsp3) is 0.750. The van der Waals surface area contributed by atoms with Crippen molar-refractivity contribution in [3.63, 3.8) is 0 Å². The second kappa shape index (κ2) is 8.86. The van der Waals surface area contributed by atoms with Gasteiger partial charge < -0.3 is 39.9 Å². The molecule has 0 fully saturated rings. The standard InChI is InChI=1S/C12H24N6O6/c1-19-7(12(22-4,23-5)24-6)18(11(20-2)21-3)10-16-8(13)15-9(14)17-10/h7,11H,1-6H3,(H4,13,14,15,16,17). The van der Waals surface area contributed by atoms with Crippen molar-refractivity contribution in [1.29, 1.82) is 0 Å². The van der Waals surface area contributed by atoms with Crippen LogP contribution in [0.15, 0.2) is 0 Å². The Morgan fingerprint density at radius 1 is 0.792 bits per heavy atom. The molecule has 0 spiro atoms. The molecule has 24 heavy (non-hydrogen) atoms. The first-order chi connectivity index (χ1) is 11.4. The van der Waals surface area contributed by atoms with Gasteiger partial charge in [-0.3, -0.25) is 4.90 Å². The lowest BCUT2D eigenvalue weighted by Crippen LogP contribution is -2.61. The van der Waals surface area contributed by atoms with E-state index in [9.17, 15) is 0 Å². The maximum Gasteiger partial charge on any atom is 0.330 e. The van der Waals surface area contributed by atoms with E-state index in [1.165, 1.54) is 47.6 Å². The van der Waals surface area contributed by atoms with Crippen LogP contribution in [0, 0.1) is 0 Å². The molecule has 1 aromatic rings. The van der Waals surface area contributed by atoms with Crippen LogP contribution in [-0.2, 0) is 28.4 Å². The largest absolute Gasteiger partial charge is 0.368 e. The van der Waals surface area contributed by atoms with E-state index in [2.05, 4.69) is 15.0 Å². The molecule has 0 saturated heterocycles. The van der Waals surface area contributed by atoms with Crippen molar-refractivity contribution in [2.75, 3.05) is 59.0 Å². The number of anilines is 3. The number of hydrogen-bond donors (Lipinski definition) is 2. The highest BCUT2D eigenvalue weighted by molar-refractivity contribution is 5.40. The summed E-state index contributed by atoms with van der Waals surface area (Å²) in [7, 11) is 8.36. The van der Waals surface area contributed by atoms with Crippen LogP contribution < -0.4 is 16.4 Å². The van der Waals surface area contributed by atoms with Gasteiger partial charge in [-0.15, -0.1) is 0 Å². The number of rotatable bonds is 10. The molecular formula is C12H24N6O6. The molecule has 0 saturated carbocycles. The lowest BCUT2D eigenvalue weighted by Gasteiger charge is -2.42. The fourth-order valence-electron chi connectivity index (χ4n) is 2.13. The Kier molecular flexibility index (Phi) is 7.47. The smallest absolute Gasteiger partial charge is 0.330 e. The first kappa shape index (κ1) is 20.2. The number of aromatic nitrogens is 3. The van der Waals surface area contributed by atoms with Crippen molar-refractivity contribution in [3.8, 4) is 0 Å². The minimum absolute atomic E-state index is 0.0103. The Balaban J connectivity index is 3.50. The van der Waals surface area contributed by atoms with Gasteiger partial charge >= 0.3 is 5.97 Å². The molecule has 12 nitrogen and oxygen atoms in total. The van der Waals surface area contributed by atoms with Crippen molar-refractivity contribution >= 4 is 17.8 Å². The average Bonchev–Trinajstić information content (AvgIpc) is 2.57. The predicted molar refractivity (Wildman–Crippen MR) is 83.5 cm³/mol. The van der Waals surface area contributed by atoms with Gasteiger partial charge in [0, 0.05) is 42.7 Å². The van der Waals surface area contributed by atoms with Gasteiger partial charge in [0.2, 0.25) is 30.5 Å². The Bertz CT molecular complexity index is 484. The van der Waals surface area contributed by atoms with Crippen LogP contribution in [0.2, 0.25) is 0 Å². The molecule has 1 heterocycles. The molecule has 0 radical (unpaired) electrons. The van der Waals surface area contributed by atoms with Crippen LogP contribution in [0.3, 0.4) is 0 Å². The third-order valence-electron chi connectivity index (χ3n) is 3.15. The van der Waals surface area contributed by atoms with Gasteiger partial charge in [0.1, 0.15) is 0 Å². The minimum atomic E-state index is -1.65. The molecule has 1 aromatic heterocycles. The van der Waals surface area contributed by atoms with Gasteiger partial charge in [0.05, 0.1) is 0 Å². The Morgan fingerprint density at radius 3 is 1.58 bits per heavy atom. The monoisotopic (exact) mass is 348 g/mol. The van der Waals surface area contributed by atoms with Gasteiger partial charge in [0.15, 0.2) is 0 Å². The molecule has 4 N–H and O–H groups in total. The van der Waals surface area contributed by atoms with Crippen LogP contribution in [0.25, 0.3) is 0 Å². The van der Waals surface area contributed by atoms with Crippen molar-refractivity contribution in [2.45, 2.75) is 18.6 Å². The summed E-state index contributed by atoms with van der Waals surface area (Å²) in [4.78, 5) is 13.1. The Morgan fingerprint density at radius 2 is 1.25 bits per heavy atom. The minimum Gasteiger partial charge on any atom is -0.368 e. The first-order valence-electron chi connectivity index (χ1n) is 6.72. The van der Waals surface area contributed by atoms with E-state index in [4.69, 9.17) is 39.9 Å². The molecule has 1 atom stereocenters. The van der Waals surface area contributed by atoms with Crippen LogP contribution >= 0.6 is 0 Å². The molecule has 138 valence electrons. The van der Waals surface area contributed by atoms with E-state index in [1.54, 1.807) is 0 Å². The molecule has 0 aromatic carbocycles. The third kappa shape index (κ3) is 3.98. The number of nitrogen functional groups attached to an aromatic ring is 2. The lowest BCUT2D eigenvalue weighted by molar-refractivity contribution is -0.395. The SMILES string of the molecule is COC(OC)N(c1nc(N)nc(N)n1)C(OC)C(OC)(OC)OC. The number of nitrogens with zero attached hydrogens (tertiary/aromatic N) is 4. The normalized spacial score (nSPS) is 13.3. The van der Waals surface area contributed by atoms with Gasteiger partial charge in [-0.1, -0.05) is 0 Å². The zero-order valence-electron chi connectivity index (χ0n) is 14.5. The molecular weight excluding hydrogens is 324 g/mol. The summed E-state index contributed by atoms with van der Waals surface area (Å²) >= 11 is 0. The van der Waals surface area contributed by atoms with Crippen molar-refractivity contribution in [1.82, 2.24) is 15.0 Å². The molecule has 0 amide bonds. The highest BCUT2D eigenvalue weighted by Gasteiger charge is 2.48. The quantitative estimate of drug-likeness (QED) is 0.498. The van der Waals surface area contributed by atoms with Gasteiger partial charge in [0.25, 0.3) is 0 Å². The lowest BCUT2D eigenvalue weighted by atomic mass is 10.4. The molecule has 0 aliphatic carbocycles. The fourth-order valence-corrected chi connectivity index (χ4v) is 2.13. The summed E-state index contributed by atoms with van der Waals surface area (Å²) in [5.41, 5.74) is 11.3. The molecule has 1 unspecified atom stereocenters. The van der Waals surface area contributed by atoms with E-state index in [0.717, 1.165) is 0 Å². The summed E-state index contributed by atoms with van der Waals surface area (Å²) in [6.45, 7) is 0. The second-order valence-electron chi connectivity index (χ2n) is 4.34. The van der Waals surface area contributed by atoms with Gasteiger partial charge in [-0.05, 0) is 0 Å². The summed E-state index contributed by atoms with van der Waals surface area (Å²) in [6, 6.07) is 0. The molecule has 12 heteroatoms. The zero-order chi connectivity index (χ0) is 18.3. The Hall–Kier alpha value is -1.83. The number of hydrogen-bond acceptors (Lipinski definition) is 12. The van der Waals surface area contributed by atoms with Crippen molar-refractivity contribution in [2.24, 2.45) is 0 Å². The van der Waals surface area contributed by atoms with Gasteiger partial charge in [-0.25, -0.2) is 0 Å². The summed E-state index contributed by atoms with van der Waals surface area (Å²) < 4.78 is 32.0. The van der Waals surface area contributed by atoms with Crippen molar-refractivity contribution in [3.05, 3.63) is 0 Å². The van der Waals surface area contributed by atoms with E-state index in [-0.39, 0.29) is 17.8 Å². The van der Waals surface area contributed by atoms with E-state index >= 15 is 0 Å². The summed E-state index contributed by atoms with van der Waals surface area (Å²) in [5.74, 6) is -1.83. The second-order valence-corrected chi connectivity index (χ2v) is 4.34. The first-order valence-corrected chi connectivity index (χ1v) is 6.72.